The highest BCUT2D eigenvalue weighted by Gasteiger charge is 2.14. The molecular formula is C11H12N2O2. The molecule has 0 aliphatic heterocycles. The van der Waals surface area contributed by atoms with Crippen molar-refractivity contribution in [1.82, 2.24) is 4.98 Å². The topological polar surface area (TPSA) is 79.1 Å². The van der Waals surface area contributed by atoms with Crippen LogP contribution >= 0.6 is 0 Å². The SMILES string of the molecule is [3H]N[C@@H](Cc1c[nH]c2ccccc12)C(=O)O. The summed E-state index contributed by atoms with van der Waals surface area (Å²) in [5, 5.41) is 9.86. The second kappa shape index (κ2) is 3.74. The first-order valence-electron chi connectivity index (χ1n) is 5.17. The number of carboxylic acids is 1. The van der Waals surface area contributed by atoms with Crippen molar-refractivity contribution in [3.63, 3.8) is 0 Å². The summed E-state index contributed by atoms with van der Waals surface area (Å²) in [4.78, 5) is 13.9. The Kier molecular flexibility index (Phi) is 2.12. The van der Waals surface area contributed by atoms with Crippen LogP contribution in [0.2, 0.25) is 1.41 Å². The molecule has 0 aliphatic carbocycles. The monoisotopic (exact) mass is 206 g/mol. The van der Waals surface area contributed by atoms with E-state index in [-0.39, 0.29) is 0 Å². The molecule has 0 radical (unpaired) electrons. The van der Waals surface area contributed by atoms with Crippen LogP contribution in [0.25, 0.3) is 10.9 Å². The number of nitrogens with one attached hydrogen (secondary N) is 1. The van der Waals surface area contributed by atoms with E-state index in [1.165, 1.54) is 0 Å². The van der Waals surface area contributed by atoms with Crippen molar-refractivity contribution in [2.24, 2.45) is 5.73 Å². The number of carbonyl (C=O) groups is 1. The molecule has 0 spiro atoms. The molecule has 78 valence electrons. The van der Waals surface area contributed by atoms with E-state index in [0.29, 0.717) is 6.42 Å². The van der Waals surface area contributed by atoms with Gasteiger partial charge in [-0.05, 0) is 11.6 Å². The van der Waals surface area contributed by atoms with Crippen molar-refractivity contribution in [2.45, 2.75) is 12.5 Å². The highest BCUT2D eigenvalue weighted by molar-refractivity contribution is 5.84. The predicted octanol–water partition coefficient (Wildman–Crippen LogP) is 1.12. The Balaban J connectivity index is 2.30. The summed E-state index contributed by atoms with van der Waals surface area (Å²) < 4.78 is 6.96. The first kappa shape index (κ1) is 8.49. The molecule has 0 saturated carbocycles. The quantitative estimate of drug-likeness (QED) is 0.701. The molecule has 1 aromatic carbocycles. The minimum absolute atomic E-state index is 0.294. The van der Waals surface area contributed by atoms with Gasteiger partial charge in [-0.1, -0.05) is 18.2 Å². The van der Waals surface area contributed by atoms with Crippen LogP contribution in [0.5, 0.6) is 0 Å². The predicted molar refractivity (Wildman–Crippen MR) is 57.6 cm³/mol. The summed E-state index contributed by atoms with van der Waals surface area (Å²) in [6.07, 6.45) is 2.08. The number of benzene rings is 1. The maximum absolute atomic E-state index is 10.8. The van der Waals surface area contributed by atoms with Gasteiger partial charge in [0.25, 0.3) is 0 Å². The van der Waals surface area contributed by atoms with Gasteiger partial charge in [-0.3, -0.25) is 4.79 Å². The summed E-state index contributed by atoms with van der Waals surface area (Å²) >= 11 is 0. The van der Waals surface area contributed by atoms with Gasteiger partial charge >= 0.3 is 5.97 Å². The molecule has 15 heavy (non-hydrogen) atoms. The molecule has 0 aliphatic rings. The van der Waals surface area contributed by atoms with E-state index in [1.54, 1.807) is 6.20 Å². The number of aromatic nitrogens is 1. The van der Waals surface area contributed by atoms with Crippen molar-refractivity contribution in [1.29, 1.82) is 0 Å². The smallest absolute Gasteiger partial charge is 0.320 e. The molecule has 0 saturated heterocycles. The highest BCUT2D eigenvalue weighted by Crippen LogP contribution is 2.18. The number of hydrogen-bond donors (Lipinski definition) is 3. The molecule has 1 atom stereocenters. The molecule has 1 aromatic heterocycles. The van der Waals surface area contributed by atoms with E-state index in [4.69, 9.17) is 6.52 Å². The van der Waals surface area contributed by atoms with Gasteiger partial charge in [0.2, 0.25) is 0 Å². The van der Waals surface area contributed by atoms with Gasteiger partial charge in [0.15, 0.2) is 0 Å². The molecule has 2 aromatic rings. The summed E-state index contributed by atoms with van der Waals surface area (Å²) in [6.45, 7) is 0. The Bertz CT molecular complexity index is 509. The molecule has 4 heteroatoms. The third kappa shape index (κ3) is 1.85. The summed E-state index contributed by atoms with van der Waals surface area (Å²) in [5.41, 5.74) is 3.92. The molecule has 4 N–H and O–H groups in total. The Hall–Kier alpha value is -1.81. The maximum Gasteiger partial charge on any atom is 0.320 e. The second-order valence-electron chi connectivity index (χ2n) is 3.45. The van der Waals surface area contributed by atoms with Gasteiger partial charge in [0.1, 0.15) is 7.45 Å². The van der Waals surface area contributed by atoms with Gasteiger partial charge in [-0.25, -0.2) is 0 Å². The summed E-state index contributed by atoms with van der Waals surface area (Å²) in [6, 6.07) is 6.82. The molecule has 0 amide bonds. The van der Waals surface area contributed by atoms with Crippen molar-refractivity contribution in [3.8, 4) is 0 Å². The van der Waals surface area contributed by atoms with Crippen LogP contribution in [0.15, 0.2) is 30.5 Å². The minimum atomic E-state index is -1.01. The fraction of sp³-hybridized carbons (Fsp3) is 0.182. The number of rotatable bonds is 4. The van der Waals surface area contributed by atoms with Crippen molar-refractivity contribution >= 4 is 16.9 Å². The molecular weight excluding hydrogens is 192 g/mol. The number of nitrogens with two attached hydrogens (primary N) is 1. The van der Waals surface area contributed by atoms with Gasteiger partial charge in [0.05, 0.1) is 0 Å². The number of carboxylic acid groups (broad SMARTS) is 1. The minimum Gasteiger partial charge on any atom is -0.480 e. The van der Waals surface area contributed by atoms with E-state index in [9.17, 15) is 4.79 Å². The van der Waals surface area contributed by atoms with Gasteiger partial charge in [-0.15, -0.1) is 0 Å². The standard InChI is InChI=1S/C11H12N2O2/c12-9(11(14)15)5-7-6-13-10-4-2-1-3-8(7)10/h1-4,6,9,13H,5,12H2,(H,14,15)/t9-/m0/s1/i/hT. The lowest BCUT2D eigenvalue weighted by atomic mass is 10.1. The van der Waals surface area contributed by atoms with Crippen LogP contribution in [-0.2, 0) is 11.2 Å². The van der Waals surface area contributed by atoms with E-state index in [2.05, 4.69) is 4.98 Å². The Morgan fingerprint density at radius 2 is 2.40 bits per heavy atom. The van der Waals surface area contributed by atoms with E-state index in [1.807, 2.05) is 30.0 Å². The average molecular weight is 206 g/mol. The van der Waals surface area contributed by atoms with Crippen LogP contribution in [0.4, 0.5) is 0 Å². The lowest BCUT2D eigenvalue weighted by Crippen LogP contribution is -2.32. The average Bonchev–Trinajstić information content (AvgIpc) is 2.69. The van der Waals surface area contributed by atoms with E-state index >= 15 is 0 Å². The van der Waals surface area contributed by atoms with Crippen molar-refractivity contribution < 1.29 is 11.3 Å². The Labute approximate surface area is 88.2 Å². The van der Waals surface area contributed by atoms with Crippen LogP contribution in [0.3, 0.4) is 0 Å². The van der Waals surface area contributed by atoms with E-state index in [0.717, 1.165) is 16.5 Å². The van der Waals surface area contributed by atoms with Crippen LogP contribution in [0, 0.1) is 0 Å². The van der Waals surface area contributed by atoms with E-state index < -0.39 is 12.0 Å². The molecule has 2 rings (SSSR count). The second-order valence-corrected chi connectivity index (χ2v) is 3.45. The maximum atomic E-state index is 10.8. The molecule has 0 bridgehead atoms. The zero-order valence-electron chi connectivity index (χ0n) is 9.03. The number of hydrogen-bond acceptors (Lipinski definition) is 2. The highest BCUT2D eigenvalue weighted by atomic mass is 16.4. The van der Waals surface area contributed by atoms with Crippen molar-refractivity contribution in [2.75, 3.05) is 0 Å². The third-order valence-electron chi connectivity index (χ3n) is 2.40. The first-order valence-corrected chi connectivity index (χ1v) is 4.67. The lowest BCUT2D eigenvalue weighted by molar-refractivity contribution is -0.138. The number of aliphatic carboxylic acids is 1. The molecule has 4 nitrogen and oxygen atoms in total. The molecule has 1 heterocycles. The van der Waals surface area contributed by atoms with Gasteiger partial charge in [0, 0.05) is 23.5 Å². The first-order chi connectivity index (χ1) is 7.72. The summed E-state index contributed by atoms with van der Waals surface area (Å²) in [5.74, 6) is -1.01. The molecule has 0 unspecified atom stereocenters. The lowest BCUT2D eigenvalue weighted by Gasteiger charge is -2.04. The summed E-state index contributed by atoms with van der Waals surface area (Å²) in [7, 11) is 0. The van der Waals surface area contributed by atoms with Gasteiger partial charge < -0.3 is 15.8 Å². The zero-order chi connectivity index (χ0) is 11.5. The van der Waals surface area contributed by atoms with Crippen LogP contribution in [0.1, 0.15) is 5.56 Å². The number of fused-ring (bicyclic) bond motifs is 1. The normalized spacial score (nSPS) is 13.7. The van der Waals surface area contributed by atoms with Crippen LogP contribution in [-0.4, -0.2) is 22.1 Å². The third-order valence-corrected chi connectivity index (χ3v) is 2.40. The van der Waals surface area contributed by atoms with Crippen molar-refractivity contribution in [3.05, 3.63) is 36.0 Å². The van der Waals surface area contributed by atoms with Crippen LogP contribution < -0.4 is 5.73 Å². The number of H-pyrrole nitrogens is 1. The Morgan fingerprint density at radius 3 is 3.13 bits per heavy atom. The molecule has 0 fully saturated rings. The zero-order valence-corrected chi connectivity index (χ0v) is 8.03. The van der Waals surface area contributed by atoms with Gasteiger partial charge in [-0.2, -0.15) is 0 Å². The number of para-hydroxylation sites is 1. The fourth-order valence-corrected chi connectivity index (χ4v) is 1.61. The largest absolute Gasteiger partial charge is 0.480 e. The number of aromatic amines is 1. The Morgan fingerprint density at radius 1 is 1.60 bits per heavy atom. The fourth-order valence-electron chi connectivity index (χ4n) is 1.61.